The van der Waals surface area contributed by atoms with Gasteiger partial charge < -0.3 is 5.32 Å². The molecule has 2 rings (SSSR count). The van der Waals surface area contributed by atoms with Gasteiger partial charge in [0.2, 0.25) is 0 Å². The van der Waals surface area contributed by atoms with Gasteiger partial charge in [0.15, 0.2) is 0 Å². The van der Waals surface area contributed by atoms with Crippen LogP contribution in [0.25, 0.3) is 0 Å². The molecular formula is C16H21NS. The molecule has 96 valence electrons. The van der Waals surface area contributed by atoms with Gasteiger partial charge in [-0.2, -0.15) is 11.3 Å². The Balaban J connectivity index is 2.23. The van der Waals surface area contributed by atoms with E-state index in [0.29, 0.717) is 6.04 Å². The monoisotopic (exact) mass is 259 g/mol. The normalized spacial score (nSPS) is 12.6. The summed E-state index contributed by atoms with van der Waals surface area (Å²) in [4.78, 5) is 0. The molecule has 0 bridgehead atoms. The first-order chi connectivity index (χ1) is 8.70. The summed E-state index contributed by atoms with van der Waals surface area (Å²) < 4.78 is 0. The highest BCUT2D eigenvalue weighted by Crippen LogP contribution is 2.23. The largest absolute Gasteiger partial charge is 0.310 e. The molecule has 1 atom stereocenters. The van der Waals surface area contributed by atoms with E-state index in [1.165, 1.54) is 22.3 Å². The summed E-state index contributed by atoms with van der Waals surface area (Å²) in [5.41, 5.74) is 5.57. The van der Waals surface area contributed by atoms with Crippen LogP contribution in [0.1, 0.15) is 35.2 Å². The van der Waals surface area contributed by atoms with Gasteiger partial charge in [-0.15, -0.1) is 0 Å². The number of hydrogen-bond acceptors (Lipinski definition) is 2. The average molecular weight is 259 g/mol. The van der Waals surface area contributed by atoms with Gasteiger partial charge in [-0.3, -0.25) is 0 Å². The summed E-state index contributed by atoms with van der Waals surface area (Å²) >= 11 is 1.77. The smallest absolute Gasteiger partial charge is 0.0363 e. The molecule has 0 amide bonds. The van der Waals surface area contributed by atoms with E-state index in [1.54, 1.807) is 11.3 Å². The van der Waals surface area contributed by atoms with Gasteiger partial charge in [-0.1, -0.05) is 30.7 Å². The summed E-state index contributed by atoms with van der Waals surface area (Å²) in [6.45, 7) is 7.53. The topological polar surface area (TPSA) is 12.0 Å². The lowest BCUT2D eigenvalue weighted by molar-refractivity contribution is 0.548. The van der Waals surface area contributed by atoms with Crippen LogP contribution in [-0.4, -0.2) is 6.54 Å². The zero-order chi connectivity index (χ0) is 13.0. The lowest BCUT2D eigenvalue weighted by Crippen LogP contribution is -2.23. The second kappa shape index (κ2) is 6.17. The number of thiophene rings is 1. The van der Waals surface area contributed by atoms with Crippen molar-refractivity contribution in [3.05, 3.63) is 57.3 Å². The zero-order valence-corrected chi connectivity index (χ0v) is 12.2. The molecule has 1 heterocycles. The van der Waals surface area contributed by atoms with E-state index < -0.39 is 0 Å². The Morgan fingerprint density at radius 3 is 2.67 bits per heavy atom. The molecule has 0 saturated heterocycles. The summed E-state index contributed by atoms with van der Waals surface area (Å²) in [6.07, 6.45) is 1.07. The summed E-state index contributed by atoms with van der Waals surface area (Å²) in [7, 11) is 0. The minimum Gasteiger partial charge on any atom is -0.310 e. The van der Waals surface area contributed by atoms with E-state index >= 15 is 0 Å². The highest BCUT2D eigenvalue weighted by atomic mass is 32.1. The maximum Gasteiger partial charge on any atom is 0.0363 e. The van der Waals surface area contributed by atoms with Crippen molar-refractivity contribution in [2.75, 3.05) is 6.54 Å². The van der Waals surface area contributed by atoms with Gasteiger partial charge in [0.05, 0.1) is 0 Å². The molecular weight excluding hydrogens is 238 g/mol. The number of nitrogens with one attached hydrogen (secondary N) is 1. The Hall–Kier alpha value is -1.12. The maximum atomic E-state index is 3.60. The van der Waals surface area contributed by atoms with Crippen molar-refractivity contribution < 1.29 is 0 Å². The second-order valence-corrected chi connectivity index (χ2v) is 5.59. The Morgan fingerprint density at radius 2 is 2.06 bits per heavy atom. The average Bonchev–Trinajstić information content (AvgIpc) is 2.81. The molecule has 0 spiro atoms. The van der Waals surface area contributed by atoms with Crippen LogP contribution in [-0.2, 0) is 6.42 Å². The van der Waals surface area contributed by atoms with Crippen molar-refractivity contribution in [2.45, 2.75) is 33.2 Å². The first-order valence-electron chi connectivity index (χ1n) is 6.52. The minimum absolute atomic E-state index is 0.421. The number of rotatable bonds is 5. The fourth-order valence-corrected chi connectivity index (χ4v) is 3.08. The van der Waals surface area contributed by atoms with Gasteiger partial charge in [0.25, 0.3) is 0 Å². The van der Waals surface area contributed by atoms with Crippen molar-refractivity contribution in [2.24, 2.45) is 0 Å². The Kier molecular flexibility index (Phi) is 4.56. The Morgan fingerprint density at radius 1 is 1.22 bits per heavy atom. The summed E-state index contributed by atoms with van der Waals surface area (Å²) in [5, 5.41) is 8.00. The highest BCUT2D eigenvalue weighted by Gasteiger charge is 2.13. The molecule has 0 aliphatic rings. The predicted molar refractivity (Wildman–Crippen MR) is 80.4 cm³/mol. The number of benzene rings is 1. The Bertz CT molecular complexity index is 488. The standard InChI is InChI=1S/C16H21NS/c1-4-17-16(10-14-7-8-18-11-14)15-6-5-12(2)9-13(15)3/h5-9,11,16-17H,4,10H2,1-3H3. The fraction of sp³-hybridized carbons (Fsp3) is 0.375. The molecule has 18 heavy (non-hydrogen) atoms. The van der Waals surface area contributed by atoms with Gasteiger partial charge in [-0.25, -0.2) is 0 Å². The molecule has 2 heteroatoms. The fourth-order valence-electron chi connectivity index (χ4n) is 2.40. The van der Waals surface area contributed by atoms with Crippen molar-refractivity contribution in [3.8, 4) is 0 Å². The lowest BCUT2D eigenvalue weighted by Gasteiger charge is -2.20. The number of aryl methyl sites for hydroxylation is 2. The van der Waals surface area contributed by atoms with E-state index in [4.69, 9.17) is 0 Å². The van der Waals surface area contributed by atoms with Crippen LogP contribution in [0.15, 0.2) is 35.0 Å². The van der Waals surface area contributed by atoms with Crippen molar-refractivity contribution in [3.63, 3.8) is 0 Å². The van der Waals surface area contributed by atoms with E-state index in [2.05, 4.69) is 61.1 Å². The Labute approximate surface area is 114 Å². The zero-order valence-electron chi connectivity index (χ0n) is 11.4. The van der Waals surface area contributed by atoms with Crippen LogP contribution in [0.4, 0.5) is 0 Å². The molecule has 2 aromatic rings. The van der Waals surface area contributed by atoms with E-state index in [1.807, 2.05) is 0 Å². The lowest BCUT2D eigenvalue weighted by atomic mass is 9.95. The van der Waals surface area contributed by atoms with Crippen molar-refractivity contribution >= 4 is 11.3 Å². The summed E-state index contributed by atoms with van der Waals surface area (Å²) in [6, 6.07) is 9.39. The van der Waals surface area contributed by atoms with Gasteiger partial charge in [0.1, 0.15) is 0 Å². The van der Waals surface area contributed by atoms with Crippen LogP contribution in [0.3, 0.4) is 0 Å². The van der Waals surface area contributed by atoms with Gasteiger partial charge in [-0.05, 0) is 60.3 Å². The van der Waals surface area contributed by atoms with Crippen LogP contribution >= 0.6 is 11.3 Å². The molecule has 1 aromatic heterocycles. The molecule has 0 saturated carbocycles. The molecule has 1 nitrogen and oxygen atoms in total. The molecule has 1 N–H and O–H groups in total. The van der Waals surface area contributed by atoms with Crippen LogP contribution in [0.5, 0.6) is 0 Å². The minimum atomic E-state index is 0.421. The van der Waals surface area contributed by atoms with E-state index in [0.717, 1.165) is 13.0 Å². The number of hydrogen-bond donors (Lipinski definition) is 1. The third kappa shape index (κ3) is 3.21. The second-order valence-electron chi connectivity index (χ2n) is 4.81. The molecule has 0 radical (unpaired) electrons. The first-order valence-corrected chi connectivity index (χ1v) is 7.46. The van der Waals surface area contributed by atoms with Gasteiger partial charge >= 0.3 is 0 Å². The van der Waals surface area contributed by atoms with Crippen molar-refractivity contribution in [1.29, 1.82) is 0 Å². The predicted octanol–water partition coefficient (Wildman–Crippen LogP) is 4.26. The van der Waals surface area contributed by atoms with E-state index in [9.17, 15) is 0 Å². The van der Waals surface area contributed by atoms with Gasteiger partial charge in [0, 0.05) is 6.04 Å². The highest BCUT2D eigenvalue weighted by molar-refractivity contribution is 7.07. The third-order valence-electron chi connectivity index (χ3n) is 3.27. The number of likely N-dealkylation sites (N-methyl/N-ethyl adjacent to an activating group) is 1. The molecule has 0 aliphatic heterocycles. The van der Waals surface area contributed by atoms with Crippen LogP contribution < -0.4 is 5.32 Å². The quantitative estimate of drug-likeness (QED) is 0.846. The van der Waals surface area contributed by atoms with E-state index in [-0.39, 0.29) is 0 Å². The summed E-state index contributed by atoms with van der Waals surface area (Å²) in [5.74, 6) is 0. The molecule has 1 unspecified atom stereocenters. The SMILES string of the molecule is CCNC(Cc1ccsc1)c1ccc(C)cc1C. The molecule has 0 fully saturated rings. The van der Waals surface area contributed by atoms with Crippen molar-refractivity contribution in [1.82, 2.24) is 5.32 Å². The molecule has 0 aliphatic carbocycles. The third-order valence-corrected chi connectivity index (χ3v) is 4.00. The maximum absolute atomic E-state index is 3.60. The van der Waals surface area contributed by atoms with Crippen LogP contribution in [0.2, 0.25) is 0 Å². The van der Waals surface area contributed by atoms with Crippen LogP contribution in [0, 0.1) is 13.8 Å². The first kappa shape index (κ1) is 13.3. The molecule has 1 aromatic carbocycles.